The first-order valence-corrected chi connectivity index (χ1v) is 17.9. The number of para-hydroxylation sites is 1. The number of aromatic nitrogens is 2. The third kappa shape index (κ3) is 4.20. The van der Waals surface area contributed by atoms with Crippen molar-refractivity contribution in [2.45, 2.75) is 12.8 Å². The summed E-state index contributed by atoms with van der Waals surface area (Å²) < 4.78 is 2.44. The summed E-state index contributed by atoms with van der Waals surface area (Å²) >= 11 is 0. The average molecular weight is 649 g/mol. The van der Waals surface area contributed by atoms with E-state index in [1.54, 1.807) is 0 Å². The molecule has 238 valence electrons. The topological polar surface area (TPSA) is 17.8 Å². The van der Waals surface area contributed by atoms with Gasteiger partial charge < -0.3 is 0 Å². The second kappa shape index (κ2) is 11.0. The van der Waals surface area contributed by atoms with E-state index < -0.39 is 0 Å². The molecule has 0 aliphatic heterocycles. The minimum Gasteiger partial charge on any atom is -0.293 e. The fraction of sp³-hybridized carbons (Fsp3) is 0.0408. The molecule has 10 aromatic rings. The van der Waals surface area contributed by atoms with Crippen molar-refractivity contribution in [2.24, 2.45) is 0 Å². The molecule has 0 saturated heterocycles. The Morgan fingerprint density at radius 3 is 2.00 bits per heavy atom. The van der Waals surface area contributed by atoms with Gasteiger partial charge in [-0.15, -0.1) is 0 Å². The first-order valence-electron chi connectivity index (χ1n) is 17.9. The highest BCUT2D eigenvalue weighted by Crippen LogP contribution is 2.45. The highest BCUT2D eigenvalue weighted by molar-refractivity contribution is 6.36. The van der Waals surface area contributed by atoms with Crippen LogP contribution in [0, 0.1) is 0 Å². The van der Waals surface area contributed by atoms with Gasteiger partial charge in [-0.05, 0) is 84.9 Å². The summed E-state index contributed by atoms with van der Waals surface area (Å²) in [7, 11) is 0. The van der Waals surface area contributed by atoms with Gasteiger partial charge in [-0.2, -0.15) is 0 Å². The predicted molar refractivity (Wildman–Crippen MR) is 217 cm³/mol. The third-order valence-corrected chi connectivity index (χ3v) is 11.0. The average Bonchev–Trinajstić information content (AvgIpc) is 3.55. The van der Waals surface area contributed by atoms with E-state index in [9.17, 15) is 0 Å². The highest BCUT2D eigenvalue weighted by atomic mass is 15.1. The molecule has 0 unspecified atom stereocenters. The van der Waals surface area contributed by atoms with Crippen LogP contribution in [0.2, 0.25) is 0 Å². The van der Waals surface area contributed by atoms with E-state index in [-0.39, 0.29) is 0 Å². The van der Waals surface area contributed by atoms with Crippen LogP contribution in [0.1, 0.15) is 12.8 Å². The molecule has 0 fully saturated rings. The lowest BCUT2D eigenvalue weighted by molar-refractivity contribution is 1.09. The van der Waals surface area contributed by atoms with Crippen LogP contribution < -0.4 is 10.4 Å². The molecule has 0 radical (unpaired) electrons. The van der Waals surface area contributed by atoms with Gasteiger partial charge in [0.1, 0.15) is 5.82 Å². The van der Waals surface area contributed by atoms with Crippen molar-refractivity contribution >= 4 is 77.0 Å². The Morgan fingerprint density at radius 2 is 1.12 bits per heavy atom. The zero-order valence-electron chi connectivity index (χ0n) is 28.0. The van der Waals surface area contributed by atoms with Crippen molar-refractivity contribution in [3.63, 3.8) is 0 Å². The molecule has 2 nitrogen and oxygen atoms in total. The highest BCUT2D eigenvalue weighted by Gasteiger charge is 2.22. The number of fused-ring (bicyclic) bond motifs is 12. The lowest BCUT2D eigenvalue weighted by Crippen LogP contribution is -2.28. The smallest absolute Gasteiger partial charge is 0.138 e. The molecule has 0 amide bonds. The molecule has 2 heterocycles. The molecule has 0 bridgehead atoms. The maximum atomic E-state index is 5.63. The van der Waals surface area contributed by atoms with Gasteiger partial charge in [0.25, 0.3) is 0 Å². The normalized spacial score (nSPS) is 12.9. The molecule has 2 heteroatoms. The van der Waals surface area contributed by atoms with Gasteiger partial charge in [-0.25, -0.2) is 4.98 Å². The number of pyridine rings is 1. The van der Waals surface area contributed by atoms with E-state index in [2.05, 4.69) is 174 Å². The number of nitrogens with zero attached hydrogens (tertiary/aromatic N) is 2. The summed E-state index contributed by atoms with van der Waals surface area (Å²) in [6.45, 7) is 0. The zero-order valence-corrected chi connectivity index (χ0v) is 28.0. The Kier molecular flexibility index (Phi) is 6.11. The molecule has 0 spiro atoms. The summed E-state index contributed by atoms with van der Waals surface area (Å²) in [5, 5.41) is 15.1. The van der Waals surface area contributed by atoms with Crippen LogP contribution in [0.5, 0.6) is 0 Å². The largest absolute Gasteiger partial charge is 0.293 e. The van der Waals surface area contributed by atoms with Gasteiger partial charge >= 0.3 is 0 Å². The van der Waals surface area contributed by atoms with Crippen LogP contribution >= 0.6 is 0 Å². The van der Waals surface area contributed by atoms with Gasteiger partial charge in [0.05, 0.1) is 16.7 Å². The minimum absolute atomic E-state index is 0.920. The molecule has 1 aliphatic rings. The second-order valence-electron chi connectivity index (χ2n) is 13.8. The molecule has 1 aliphatic carbocycles. The van der Waals surface area contributed by atoms with Crippen molar-refractivity contribution in [3.05, 3.63) is 168 Å². The Bertz CT molecular complexity index is 3190. The van der Waals surface area contributed by atoms with Crippen LogP contribution in [0.3, 0.4) is 0 Å². The first kappa shape index (κ1) is 28.3. The summed E-state index contributed by atoms with van der Waals surface area (Å²) in [5.41, 5.74) is 6.88. The monoisotopic (exact) mass is 648 g/mol. The van der Waals surface area contributed by atoms with E-state index in [0.29, 0.717) is 0 Å². The quantitative estimate of drug-likeness (QED) is 0.174. The van der Waals surface area contributed by atoms with E-state index >= 15 is 0 Å². The molecule has 8 aromatic carbocycles. The van der Waals surface area contributed by atoms with E-state index in [1.807, 2.05) is 0 Å². The lowest BCUT2D eigenvalue weighted by atomic mass is 9.93. The van der Waals surface area contributed by atoms with Crippen molar-refractivity contribution in [1.29, 1.82) is 0 Å². The molecule has 11 rings (SSSR count). The fourth-order valence-corrected chi connectivity index (χ4v) is 8.76. The summed E-state index contributed by atoms with van der Waals surface area (Å²) in [4.78, 5) is 5.63. The maximum absolute atomic E-state index is 5.63. The minimum atomic E-state index is 0.920. The number of hydrogen-bond acceptors (Lipinski definition) is 1. The van der Waals surface area contributed by atoms with Crippen molar-refractivity contribution in [2.75, 3.05) is 0 Å². The van der Waals surface area contributed by atoms with Crippen LogP contribution in [0.4, 0.5) is 0 Å². The standard InChI is InChI=1S/C49H32N2/c1-4-18-35-31(13-1)16-11-24-37(35)34-29-44(40-25-12-17-32-14-2-5-19-36(32)40)50-46(30-34)51-45-26-10-9-23-43(45)48-47-38-20-6-3-15-33(38)27-28-41(47)39-21-7-8-22-42(39)49(48)51/h2-3,5-30H,1,4H2. The van der Waals surface area contributed by atoms with Gasteiger partial charge in [-0.3, -0.25) is 4.57 Å². The van der Waals surface area contributed by atoms with Crippen LogP contribution in [0.15, 0.2) is 158 Å². The third-order valence-electron chi connectivity index (χ3n) is 11.0. The number of rotatable bonds is 3. The maximum Gasteiger partial charge on any atom is 0.138 e. The van der Waals surface area contributed by atoms with E-state index in [4.69, 9.17) is 4.98 Å². The SMILES string of the molecule is C1=c2cccc(-c3cc(-c4cccc5ccccc45)nc(-n4c5ccccc5c5c6c7ccccc7ccc6c6ccccc6c54)c3)c2=CCC1. The molecule has 51 heavy (non-hydrogen) atoms. The van der Waals surface area contributed by atoms with E-state index in [1.165, 1.54) is 80.9 Å². The first-order chi connectivity index (χ1) is 25.3. The van der Waals surface area contributed by atoms with Crippen molar-refractivity contribution in [1.82, 2.24) is 9.55 Å². The van der Waals surface area contributed by atoms with Gasteiger partial charge in [0.2, 0.25) is 0 Å². The summed E-state index contributed by atoms with van der Waals surface area (Å²) in [6.07, 6.45) is 6.92. The molecular weight excluding hydrogens is 617 g/mol. The van der Waals surface area contributed by atoms with Crippen molar-refractivity contribution in [3.8, 4) is 28.2 Å². The Labute approximate surface area is 294 Å². The van der Waals surface area contributed by atoms with Crippen LogP contribution in [0.25, 0.3) is 105 Å². The van der Waals surface area contributed by atoms with Crippen molar-refractivity contribution < 1.29 is 0 Å². The molecule has 0 atom stereocenters. The Morgan fingerprint density at radius 1 is 0.451 bits per heavy atom. The predicted octanol–water partition coefficient (Wildman–Crippen LogP) is 11.5. The van der Waals surface area contributed by atoms with E-state index in [0.717, 1.165) is 35.4 Å². The number of benzene rings is 8. The molecular formula is C49H32N2. The summed E-state index contributed by atoms with van der Waals surface area (Å²) in [6, 6.07) is 57.8. The van der Waals surface area contributed by atoms with Gasteiger partial charge in [0.15, 0.2) is 0 Å². The van der Waals surface area contributed by atoms with Gasteiger partial charge in [0, 0.05) is 27.1 Å². The Hall–Kier alpha value is -6.51. The lowest BCUT2D eigenvalue weighted by Gasteiger charge is -2.16. The van der Waals surface area contributed by atoms with Gasteiger partial charge in [-0.1, -0.05) is 152 Å². The fourth-order valence-electron chi connectivity index (χ4n) is 8.76. The summed E-state index contributed by atoms with van der Waals surface area (Å²) in [5.74, 6) is 0.920. The zero-order chi connectivity index (χ0) is 33.5. The number of hydrogen-bond donors (Lipinski definition) is 0. The van der Waals surface area contributed by atoms with Crippen LogP contribution in [-0.2, 0) is 0 Å². The molecule has 0 N–H and O–H groups in total. The molecule has 0 saturated carbocycles. The second-order valence-corrected chi connectivity index (χ2v) is 13.8. The Balaban J connectivity index is 1.34. The molecule has 2 aromatic heterocycles. The van der Waals surface area contributed by atoms with Crippen LogP contribution in [-0.4, -0.2) is 9.55 Å².